The van der Waals surface area contributed by atoms with E-state index >= 15 is 0 Å². The molecule has 0 aliphatic rings. The summed E-state index contributed by atoms with van der Waals surface area (Å²) in [6, 6.07) is 16.6. The third-order valence-corrected chi connectivity index (χ3v) is 3.09. The molecule has 0 heterocycles. The van der Waals surface area contributed by atoms with Crippen molar-refractivity contribution in [2.45, 2.75) is 6.61 Å². The van der Waals surface area contributed by atoms with Gasteiger partial charge in [-0.15, -0.1) is 0 Å². The zero-order chi connectivity index (χ0) is 14.2. The Morgan fingerprint density at radius 2 is 1.70 bits per heavy atom. The summed E-state index contributed by atoms with van der Waals surface area (Å²) in [4.78, 5) is 11.9. The van der Waals surface area contributed by atoms with Crippen LogP contribution in [-0.4, -0.2) is 17.0 Å². The van der Waals surface area contributed by atoms with E-state index in [4.69, 9.17) is 9.47 Å². The molecule has 0 spiro atoms. The van der Waals surface area contributed by atoms with Crippen LogP contribution in [0, 0.1) is 0 Å². The van der Waals surface area contributed by atoms with Gasteiger partial charge in [0.05, 0.1) is 12.2 Å². The fourth-order valence-corrected chi connectivity index (χ4v) is 1.87. The van der Waals surface area contributed by atoms with Crippen LogP contribution in [0.1, 0.15) is 15.9 Å². The Morgan fingerprint density at radius 3 is 2.35 bits per heavy atom. The van der Waals surface area contributed by atoms with Crippen molar-refractivity contribution >= 4 is 28.6 Å². The van der Waals surface area contributed by atoms with E-state index in [9.17, 15) is 4.79 Å². The second kappa shape index (κ2) is 7.89. The second-order valence-corrected chi connectivity index (χ2v) is 5.20. The maximum atomic E-state index is 11.9. The summed E-state index contributed by atoms with van der Waals surface area (Å²) in [7, 11) is 0. The number of benzene rings is 2. The topological polar surface area (TPSA) is 35.5 Å². The molecule has 2 aromatic rings. The predicted molar refractivity (Wildman–Crippen MR) is 86.4 cm³/mol. The Hall–Kier alpha value is -1.56. The van der Waals surface area contributed by atoms with Gasteiger partial charge in [0.25, 0.3) is 0 Å². The molecule has 2 rings (SSSR count). The molecule has 0 unspecified atom stereocenters. The lowest BCUT2D eigenvalue weighted by molar-refractivity contribution is 0.0472. The summed E-state index contributed by atoms with van der Waals surface area (Å²) < 4.78 is 11.6. The number of hydrogen-bond acceptors (Lipinski definition) is 3. The SMILES string of the molecule is O=C(OCc1ccccc1)c1ccc(OCCI)cc1. The van der Waals surface area contributed by atoms with Crippen LogP contribution < -0.4 is 4.74 Å². The van der Waals surface area contributed by atoms with Gasteiger partial charge in [-0.1, -0.05) is 52.9 Å². The molecule has 0 atom stereocenters. The van der Waals surface area contributed by atoms with Gasteiger partial charge in [0.15, 0.2) is 0 Å². The number of halogens is 1. The van der Waals surface area contributed by atoms with Gasteiger partial charge in [0.1, 0.15) is 12.4 Å². The third-order valence-electron chi connectivity index (χ3n) is 2.65. The second-order valence-electron chi connectivity index (χ2n) is 4.12. The van der Waals surface area contributed by atoms with Gasteiger partial charge in [0.2, 0.25) is 0 Å². The van der Waals surface area contributed by atoms with Gasteiger partial charge in [-0.3, -0.25) is 0 Å². The monoisotopic (exact) mass is 382 g/mol. The van der Waals surface area contributed by atoms with Gasteiger partial charge in [-0.05, 0) is 29.8 Å². The molecule has 2 aromatic carbocycles. The number of rotatable bonds is 6. The predicted octanol–water partition coefficient (Wildman–Crippen LogP) is 3.86. The van der Waals surface area contributed by atoms with E-state index in [0.717, 1.165) is 15.7 Å². The number of hydrogen-bond donors (Lipinski definition) is 0. The molecule has 3 nitrogen and oxygen atoms in total. The maximum Gasteiger partial charge on any atom is 0.338 e. The van der Waals surface area contributed by atoms with Crippen LogP contribution in [0.15, 0.2) is 54.6 Å². The summed E-state index contributed by atoms with van der Waals surface area (Å²) in [5.41, 5.74) is 1.51. The summed E-state index contributed by atoms with van der Waals surface area (Å²) in [5.74, 6) is 0.440. The van der Waals surface area contributed by atoms with E-state index in [1.807, 2.05) is 30.3 Å². The van der Waals surface area contributed by atoms with Crippen molar-refractivity contribution in [1.29, 1.82) is 0 Å². The summed E-state index contributed by atoms with van der Waals surface area (Å²) in [6.07, 6.45) is 0. The van der Waals surface area contributed by atoms with Crippen molar-refractivity contribution in [3.8, 4) is 5.75 Å². The highest BCUT2D eigenvalue weighted by Gasteiger charge is 2.07. The molecular formula is C16H15IO3. The number of alkyl halides is 1. The molecule has 0 saturated carbocycles. The first-order valence-corrected chi connectivity index (χ1v) is 7.82. The summed E-state index contributed by atoms with van der Waals surface area (Å²) >= 11 is 2.25. The normalized spacial score (nSPS) is 10.1. The van der Waals surface area contributed by atoms with Crippen LogP contribution in [0.3, 0.4) is 0 Å². The molecular weight excluding hydrogens is 367 g/mol. The van der Waals surface area contributed by atoms with Crippen LogP contribution in [0.5, 0.6) is 5.75 Å². The zero-order valence-corrected chi connectivity index (χ0v) is 13.1. The smallest absolute Gasteiger partial charge is 0.338 e. The van der Waals surface area contributed by atoms with E-state index < -0.39 is 0 Å². The summed E-state index contributed by atoms with van der Waals surface area (Å²) in [6.45, 7) is 0.950. The molecule has 4 heteroatoms. The first-order chi connectivity index (χ1) is 9.79. The zero-order valence-electron chi connectivity index (χ0n) is 10.9. The van der Waals surface area contributed by atoms with Crippen LogP contribution in [0.2, 0.25) is 0 Å². The van der Waals surface area contributed by atoms with E-state index in [1.165, 1.54) is 0 Å². The van der Waals surface area contributed by atoms with Crippen LogP contribution >= 0.6 is 22.6 Å². The first-order valence-electron chi connectivity index (χ1n) is 6.29. The molecule has 104 valence electrons. The minimum absolute atomic E-state index is 0.284. The number of ether oxygens (including phenoxy) is 2. The highest BCUT2D eigenvalue weighted by molar-refractivity contribution is 14.1. The summed E-state index contributed by atoms with van der Waals surface area (Å²) in [5, 5.41) is 0. The average Bonchev–Trinajstić information content (AvgIpc) is 2.52. The lowest BCUT2D eigenvalue weighted by Gasteiger charge is -2.06. The van der Waals surface area contributed by atoms with Crippen molar-refractivity contribution in [2.24, 2.45) is 0 Å². The Morgan fingerprint density at radius 1 is 1.00 bits per heavy atom. The van der Waals surface area contributed by atoms with Crippen molar-refractivity contribution in [2.75, 3.05) is 11.0 Å². The van der Waals surface area contributed by atoms with E-state index in [2.05, 4.69) is 22.6 Å². The Kier molecular flexibility index (Phi) is 5.86. The molecule has 0 saturated heterocycles. The molecule has 0 radical (unpaired) electrons. The lowest BCUT2D eigenvalue weighted by Crippen LogP contribution is -2.05. The molecule has 0 aliphatic heterocycles. The average molecular weight is 382 g/mol. The van der Waals surface area contributed by atoms with Crippen LogP contribution in [0.25, 0.3) is 0 Å². The van der Waals surface area contributed by atoms with E-state index in [0.29, 0.717) is 12.2 Å². The molecule has 0 N–H and O–H groups in total. The van der Waals surface area contributed by atoms with Gasteiger partial charge in [0, 0.05) is 4.43 Å². The highest BCUT2D eigenvalue weighted by Crippen LogP contribution is 2.14. The van der Waals surface area contributed by atoms with Gasteiger partial charge in [-0.2, -0.15) is 0 Å². The fourth-order valence-electron chi connectivity index (χ4n) is 1.65. The third kappa shape index (κ3) is 4.52. The maximum absolute atomic E-state index is 11.9. The molecule has 0 aromatic heterocycles. The number of esters is 1. The largest absolute Gasteiger partial charge is 0.493 e. The molecule has 0 bridgehead atoms. The van der Waals surface area contributed by atoms with Gasteiger partial charge >= 0.3 is 5.97 Å². The molecule has 0 aliphatic carbocycles. The Bertz CT molecular complexity index is 537. The molecule has 0 fully saturated rings. The number of carbonyl (C=O) groups is 1. The Labute approximate surface area is 132 Å². The molecule has 20 heavy (non-hydrogen) atoms. The van der Waals surface area contributed by atoms with Crippen molar-refractivity contribution < 1.29 is 14.3 Å². The van der Waals surface area contributed by atoms with Crippen molar-refractivity contribution in [3.05, 3.63) is 65.7 Å². The van der Waals surface area contributed by atoms with Gasteiger partial charge in [-0.25, -0.2) is 4.79 Å². The molecule has 0 amide bonds. The highest BCUT2D eigenvalue weighted by atomic mass is 127. The van der Waals surface area contributed by atoms with Crippen molar-refractivity contribution in [1.82, 2.24) is 0 Å². The quantitative estimate of drug-likeness (QED) is 0.433. The van der Waals surface area contributed by atoms with Crippen LogP contribution in [-0.2, 0) is 11.3 Å². The van der Waals surface area contributed by atoms with Gasteiger partial charge < -0.3 is 9.47 Å². The fraction of sp³-hybridized carbons (Fsp3) is 0.188. The number of carbonyl (C=O) groups excluding carboxylic acids is 1. The standard InChI is InChI=1S/C16H15IO3/c17-10-11-19-15-8-6-14(7-9-15)16(18)20-12-13-4-2-1-3-5-13/h1-9H,10-12H2. The lowest BCUT2D eigenvalue weighted by atomic mass is 10.2. The van der Waals surface area contributed by atoms with Crippen LogP contribution in [0.4, 0.5) is 0 Å². The van der Waals surface area contributed by atoms with Crippen molar-refractivity contribution in [3.63, 3.8) is 0 Å². The minimum atomic E-state index is -0.325. The van der Waals surface area contributed by atoms with E-state index in [1.54, 1.807) is 24.3 Å². The Balaban J connectivity index is 1.89. The van der Waals surface area contributed by atoms with E-state index in [-0.39, 0.29) is 12.6 Å². The minimum Gasteiger partial charge on any atom is -0.493 e. The first kappa shape index (κ1) is 14.8.